The number of amides is 1. The lowest BCUT2D eigenvalue weighted by Crippen LogP contribution is -2.26. The van der Waals surface area contributed by atoms with Crippen LogP contribution in [0.1, 0.15) is 12.0 Å². The van der Waals surface area contributed by atoms with E-state index in [0.717, 1.165) is 17.3 Å². The Morgan fingerprint density at radius 2 is 2.29 bits per heavy atom. The van der Waals surface area contributed by atoms with Crippen molar-refractivity contribution in [2.75, 3.05) is 20.3 Å². The van der Waals surface area contributed by atoms with Gasteiger partial charge in [-0.3, -0.25) is 9.59 Å². The van der Waals surface area contributed by atoms with Crippen molar-refractivity contribution < 1.29 is 24.2 Å². The van der Waals surface area contributed by atoms with Gasteiger partial charge in [-0.15, -0.1) is 5.10 Å². The Labute approximate surface area is 142 Å². The molecule has 1 saturated heterocycles. The largest absolute Gasteiger partial charge is 0.491 e. The number of amidine groups is 1. The molecule has 0 spiro atoms. The van der Waals surface area contributed by atoms with Crippen LogP contribution in [-0.2, 0) is 14.3 Å². The van der Waals surface area contributed by atoms with E-state index in [9.17, 15) is 9.59 Å². The summed E-state index contributed by atoms with van der Waals surface area (Å²) in [5.41, 5.74) is 0.783. The number of nitrogens with zero attached hydrogens (tertiary/aromatic N) is 2. The molecule has 0 aromatic heterocycles. The Morgan fingerprint density at radius 3 is 3.04 bits per heavy atom. The van der Waals surface area contributed by atoms with Gasteiger partial charge in [-0.1, -0.05) is 23.9 Å². The number of methoxy groups -OCH3 is 1. The number of carbonyl (C=O) groups is 2. The van der Waals surface area contributed by atoms with E-state index < -0.39 is 11.2 Å². The number of rotatable bonds is 8. The molecule has 8 nitrogen and oxygen atoms in total. The van der Waals surface area contributed by atoms with E-state index in [1.807, 2.05) is 18.2 Å². The van der Waals surface area contributed by atoms with E-state index in [2.05, 4.69) is 15.5 Å². The van der Waals surface area contributed by atoms with Gasteiger partial charge in [0, 0.05) is 7.11 Å². The molecule has 1 aliphatic rings. The molecule has 1 unspecified atom stereocenters. The van der Waals surface area contributed by atoms with Crippen LogP contribution in [0.2, 0.25) is 0 Å². The Balaban J connectivity index is 1.93. The predicted octanol–water partition coefficient (Wildman–Crippen LogP) is 1.11. The number of carbonyl (C=O) groups excluding carboxylic acids is 1. The highest BCUT2D eigenvalue weighted by Crippen LogP contribution is 2.22. The van der Waals surface area contributed by atoms with Gasteiger partial charge < -0.3 is 19.9 Å². The highest BCUT2D eigenvalue weighted by Gasteiger charge is 2.32. The second-order valence-corrected chi connectivity index (χ2v) is 5.95. The molecule has 1 aromatic carbocycles. The number of carboxylic acid groups (broad SMARTS) is 1. The number of hydrogen-bond donors (Lipinski definition) is 2. The average molecular weight is 351 g/mol. The zero-order valence-corrected chi connectivity index (χ0v) is 13.8. The highest BCUT2D eigenvalue weighted by atomic mass is 32.2. The number of thioether (sulfide) groups is 1. The van der Waals surface area contributed by atoms with E-state index in [4.69, 9.17) is 14.6 Å². The molecule has 128 valence electrons. The van der Waals surface area contributed by atoms with Crippen LogP contribution >= 0.6 is 11.8 Å². The van der Waals surface area contributed by atoms with Crippen LogP contribution in [0.4, 0.5) is 0 Å². The minimum absolute atomic E-state index is 0.250. The summed E-state index contributed by atoms with van der Waals surface area (Å²) in [5.74, 6) is -0.712. The highest BCUT2D eigenvalue weighted by molar-refractivity contribution is 8.15. The van der Waals surface area contributed by atoms with Crippen molar-refractivity contribution in [3.63, 3.8) is 0 Å². The lowest BCUT2D eigenvalue weighted by molar-refractivity contribution is -0.138. The van der Waals surface area contributed by atoms with Crippen molar-refractivity contribution in [2.24, 2.45) is 10.2 Å². The first-order chi connectivity index (χ1) is 11.6. The van der Waals surface area contributed by atoms with Crippen LogP contribution in [0, 0.1) is 0 Å². The predicted molar refractivity (Wildman–Crippen MR) is 90.6 cm³/mol. The smallest absolute Gasteiger partial charge is 0.305 e. The van der Waals surface area contributed by atoms with Gasteiger partial charge in [0.25, 0.3) is 0 Å². The summed E-state index contributed by atoms with van der Waals surface area (Å²) in [5, 5.41) is 18.6. The molecule has 1 fully saturated rings. The first kappa shape index (κ1) is 18.0. The minimum atomic E-state index is -1.03. The van der Waals surface area contributed by atoms with Gasteiger partial charge in [-0.05, 0) is 17.7 Å². The third kappa shape index (κ3) is 5.67. The molecule has 0 saturated carbocycles. The fraction of sp³-hybridized carbons (Fsp3) is 0.333. The summed E-state index contributed by atoms with van der Waals surface area (Å²) >= 11 is 1.06. The topological polar surface area (TPSA) is 110 Å². The number of ether oxygens (including phenoxy) is 2. The zero-order valence-electron chi connectivity index (χ0n) is 13.0. The van der Waals surface area contributed by atoms with E-state index in [0.29, 0.717) is 19.0 Å². The maximum atomic E-state index is 11.6. The number of aliphatic carboxylic acids is 1. The van der Waals surface area contributed by atoms with E-state index in [-0.39, 0.29) is 17.5 Å². The maximum Gasteiger partial charge on any atom is 0.305 e. The summed E-state index contributed by atoms with van der Waals surface area (Å²) in [4.78, 5) is 22.2. The lowest BCUT2D eigenvalue weighted by Gasteiger charge is -2.05. The molecule has 1 aliphatic heterocycles. The number of hydrogen-bond acceptors (Lipinski definition) is 7. The van der Waals surface area contributed by atoms with Crippen LogP contribution < -0.4 is 10.1 Å². The fourth-order valence-electron chi connectivity index (χ4n) is 1.82. The second kappa shape index (κ2) is 9.04. The average Bonchev–Trinajstić information content (AvgIpc) is 2.87. The minimum Gasteiger partial charge on any atom is -0.491 e. The Hall–Kier alpha value is -2.39. The van der Waals surface area contributed by atoms with Crippen molar-refractivity contribution in [3.8, 4) is 5.75 Å². The molecule has 24 heavy (non-hydrogen) atoms. The number of nitrogens with one attached hydrogen (secondary N) is 1. The molecule has 2 N–H and O–H groups in total. The molecule has 1 atom stereocenters. The summed E-state index contributed by atoms with van der Waals surface area (Å²) in [7, 11) is 1.60. The van der Waals surface area contributed by atoms with Crippen LogP contribution in [0.25, 0.3) is 0 Å². The van der Waals surface area contributed by atoms with Crippen molar-refractivity contribution in [1.82, 2.24) is 5.32 Å². The zero-order chi connectivity index (χ0) is 17.4. The number of carboxylic acids is 1. The molecular formula is C15H17N3O5S. The summed E-state index contributed by atoms with van der Waals surface area (Å²) in [6.45, 7) is 0.952. The first-order valence-corrected chi connectivity index (χ1v) is 7.98. The van der Waals surface area contributed by atoms with Crippen LogP contribution in [0.5, 0.6) is 5.75 Å². The molecule has 0 aliphatic carbocycles. The standard InChI is InChI=1S/C15H17N3O5S/c1-22-5-6-23-11-4-2-3-10(7-11)9-16-18-15-17-14(21)12(24-15)8-13(19)20/h2-4,7,9,12H,5-6,8H2,1H3,(H,19,20)(H,17,18,21). The second-order valence-electron chi connectivity index (χ2n) is 4.76. The molecule has 9 heteroatoms. The quantitative estimate of drug-likeness (QED) is 0.412. The van der Waals surface area contributed by atoms with Crippen molar-refractivity contribution in [3.05, 3.63) is 29.8 Å². The van der Waals surface area contributed by atoms with E-state index >= 15 is 0 Å². The van der Waals surface area contributed by atoms with E-state index in [1.165, 1.54) is 6.21 Å². The molecule has 1 amide bonds. The summed E-state index contributed by atoms with van der Waals surface area (Å²) < 4.78 is 10.4. The Kier molecular flexibility index (Phi) is 6.76. The van der Waals surface area contributed by atoms with Crippen molar-refractivity contribution in [1.29, 1.82) is 0 Å². The first-order valence-electron chi connectivity index (χ1n) is 7.10. The third-order valence-electron chi connectivity index (χ3n) is 2.91. The molecule has 1 aromatic rings. The van der Waals surface area contributed by atoms with Crippen LogP contribution in [0.3, 0.4) is 0 Å². The van der Waals surface area contributed by atoms with Gasteiger partial charge in [0.2, 0.25) is 5.91 Å². The van der Waals surface area contributed by atoms with Crippen molar-refractivity contribution in [2.45, 2.75) is 11.7 Å². The molecule has 0 radical (unpaired) electrons. The Bertz CT molecular complexity index is 662. The van der Waals surface area contributed by atoms with Gasteiger partial charge in [-0.2, -0.15) is 5.10 Å². The lowest BCUT2D eigenvalue weighted by atomic mass is 10.2. The number of benzene rings is 1. The third-order valence-corrected chi connectivity index (χ3v) is 3.98. The summed E-state index contributed by atoms with van der Waals surface area (Å²) in [6.07, 6.45) is 1.27. The van der Waals surface area contributed by atoms with Gasteiger partial charge in [0.1, 0.15) is 17.6 Å². The van der Waals surface area contributed by atoms with Crippen molar-refractivity contribution >= 4 is 35.0 Å². The van der Waals surface area contributed by atoms with E-state index in [1.54, 1.807) is 13.2 Å². The normalized spacial score (nSPS) is 19.0. The SMILES string of the molecule is COCCOc1cccc(C=NN=C2NC(=O)C(CC(=O)O)S2)c1. The molecular weight excluding hydrogens is 334 g/mol. The summed E-state index contributed by atoms with van der Waals surface area (Å²) in [6, 6.07) is 7.28. The van der Waals surface area contributed by atoms with Gasteiger partial charge >= 0.3 is 5.97 Å². The van der Waals surface area contributed by atoms with Crippen LogP contribution in [0.15, 0.2) is 34.5 Å². The molecule has 0 bridgehead atoms. The Morgan fingerprint density at radius 1 is 1.46 bits per heavy atom. The van der Waals surface area contributed by atoms with Crippen LogP contribution in [-0.4, -0.2) is 53.9 Å². The molecule has 2 rings (SSSR count). The van der Waals surface area contributed by atoms with Gasteiger partial charge in [0.15, 0.2) is 5.17 Å². The fourth-order valence-corrected chi connectivity index (χ4v) is 2.74. The maximum absolute atomic E-state index is 11.6. The molecule has 1 heterocycles. The monoisotopic (exact) mass is 351 g/mol. The van der Waals surface area contributed by atoms with Gasteiger partial charge in [-0.25, -0.2) is 0 Å². The van der Waals surface area contributed by atoms with Gasteiger partial charge in [0.05, 0.1) is 19.2 Å².